The summed E-state index contributed by atoms with van der Waals surface area (Å²) < 4.78 is 11.8. The minimum absolute atomic E-state index is 0.0755. The second-order valence-corrected chi connectivity index (χ2v) is 6.11. The number of carbonyl (C=O) groups is 1. The summed E-state index contributed by atoms with van der Waals surface area (Å²) in [5.74, 6) is 0.651. The van der Waals surface area contributed by atoms with Crippen molar-refractivity contribution in [2.45, 2.75) is 39.0 Å². The van der Waals surface area contributed by atoms with E-state index < -0.39 is 11.4 Å². The molecule has 1 aliphatic rings. The third-order valence-corrected chi connectivity index (χ3v) is 3.96. The Morgan fingerprint density at radius 1 is 1.42 bits per heavy atom. The minimum atomic E-state index is -0.805. The van der Waals surface area contributed by atoms with Crippen molar-refractivity contribution in [3.63, 3.8) is 0 Å². The van der Waals surface area contributed by atoms with Crippen LogP contribution in [0, 0.1) is 0 Å². The molecular weight excluding hydrogens is 312 g/mol. The number of rotatable bonds is 4. The lowest BCUT2D eigenvalue weighted by Gasteiger charge is -2.27. The summed E-state index contributed by atoms with van der Waals surface area (Å²) in [5, 5.41) is 9.07. The van der Waals surface area contributed by atoms with Crippen molar-refractivity contribution in [3.8, 4) is 11.5 Å². The van der Waals surface area contributed by atoms with Crippen molar-refractivity contribution in [2.75, 3.05) is 6.79 Å². The molecule has 1 aromatic rings. The van der Waals surface area contributed by atoms with Gasteiger partial charge in [-0.1, -0.05) is 20.8 Å². The van der Waals surface area contributed by atoms with Gasteiger partial charge in [0.25, 0.3) is 0 Å². The third kappa shape index (κ3) is 2.56. The Kier molecular flexibility index (Phi) is 3.76. The number of benzene rings is 1. The number of aliphatic carboxylic acids is 1. The molecule has 0 unspecified atom stereocenters. The lowest BCUT2D eigenvalue weighted by Crippen LogP contribution is -2.23. The number of fused-ring (bicyclic) bond motifs is 1. The first-order valence-corrected chi connectivity index (χ1v) is 6.99. The van der Waals surface area contributed by atoms with E-state index in [0.29, 0.717) is 5.75 Å². The molecule has 0 saturated heterocycles. The number of hydrogen-bond donors (Lipinski definition) is 1. The first-order chi connectivity index (χ1) is 8.86. The Morgan fingerprint density at radius 3 is 2.63 bits per heavy atom. The molecule has 0 atom stereocenters. The lowest BCUT2D eigenvalue weighted by molar-refractivity contribution is -0.138. The number of halogens is 1. The Labute approximate surface area is 120 Å². The zero-order valence-electron chi connectivity index (χ0n) is 11.2. The molecule has 19 heavy (non-hydrogen) atoms. The molecule has 0 radical (unpaired) electrons. The van der Waals surface area contributed by atoms with Crippen LogP contribution in [-0.4, -0.2) is 17.9 Å². The fourth-order valence-electron chi connectivity index (χ4n) is 2.51. The van der Waals surface area contributed by atoms with Gasteiger partial charge in [-0.3, -0.25) is 4.79 Å². The fourth-order valence-corrected chi connectivity index (χ4v) is 3.03. The maximum atomic E-state index is 11.0. The number of hydrogen-bond acceptors (Lipinski definition) is 3. The van der Waals surface area contributed by atoms with Gasteiger partial charge in [-0.05, 0) is 34.0 Å². The molecule has 2 rings (SSSR count). The van der Waals surface area contributed by atoms with E-state index in [1.807, 2.05) is 26.8 Å². The smallest absolute Gasteiger partial charge is 0.304 e. The van der Waals surface area contributed by atoms with Gasteiger partial charge in [-0.25, -0.2) is 0 Å². The van der Waals surface area contributed by atoms with E-state index in [9.17, 15) is 4.79 Å². The molecule has 1 aromatic carbocycles. The van der Waals surface area contributed by atoms with Gasteiger partial charge < -0.3 is 14.6 Å². The van der Waals surface area contributed by atoms with Crippen molar-refractivity contribution in [2.24, 2.45) is 0 Å². The van der Waals surface area contributed by atoms with Gasteiger partial charge >= 0.3 is 5.97 Å². The maximum Gasteiger partial charge on any atom is 0.304 e. The number of ether oxygens (including phenoxy) is 2. The van der Waals surface area contributed by atoms with Crippen LogP contribution in [0.2, 0.25) is 0 Å². The molecule has 0 amide bonds. The molecular formula is C14H17BrO4. The van der Waals surface area contributed by atoms with Crippen LogP contribution >= 0.6 is 15.9 Å². The van der Waals surface area contributed by atoms with Crippen LogP contribution in [0.15, 0.2) is 10.5 Å². The maximum absolute atomic E-state index is 11.0. The number of carboxylic acids is 1. The lowest BCUT2D eigenvalue weighted by atomic mass is 9.78. The summed E-state index contributed by atoms with van der Waals surface area (Å²) in [6, 6.07) is 1.95. The van der Waals surface area contributed by atoms with Crippen LogP contribution in [0.5, 0.6) is 11.5 Å². The van der Waals surface area contributed by atoms with Gasteiger partial charge in [-0.2, -0.15) is 0 Å². The molecule has 0 bridgehead atoms. The molecule has 1 heterocycles. The topological polar surface area (TPSA) is 55.8 Å². The Balaban J connectivity index is 2.57. The third-order valence-electron chi connectivity index (χ3n) is 3.38. The molecule has 0 aliphatic carbocycles. The van der Waals surface area contributed by atoms with E-state index in [4.69, 9.17) is 14.6 Å². The van der Waals surface area contributed by atoms with E-state index in [-0.39, 0.29) is 13.2 Å². The molecule has 0 aromatic heterocycles. The van der Waals surface area contributed by atoms with Crippen LogP contribution in [0.1, 0.15) is 38.3 Å². The monoisotopic (exact) mass is 328 g/mol. The van der Waals surface area contributed by atoms with Crippen LogP contribution in [0.3, 0.4) is 0 Å². The molecule has 104 valence electrons. The van der Waals surface area contributed by atoms with Gasteiger partial charge in [0.05, 0.1) is 10.9 Å². The molecule has 1 aliphatic heterocycles. The van der Waals surface area contributed by atoms with Gasteiger partial charge in [0.2, 0.25) is 6.79 Å². The fraction of sp³-hybridized carbons (Fsp3) is 0.500. The van der Waals surface area contributed by atoms with Gasteiger partial charge in [0.15, 0.2) is 11.5 Å². The average Bonchev–Trinajstić information content (AvgIpc) is 2.76. The quantitative estimate of drug-likeness (QED) is 0.919. The van der Waals surface area contributed by atoms with E-state index >= 15 is 0 Å². The Hall–Kier alpha value is -1.23. The van der Waals surface area contributed by atoms with E-state index in [1.165, 1.54) is 0 Å². The standard InChI is InChI=1S/C14H17BrO4/c1-4-8-9(14(2,3)6-11(16)17)5-10(15)13-12(8)18-7-19-13/h5H,4,6-7H2,1-3H3,(H,16,17). The molecule has 0 fully saturated rings. The largest absolute Gasteiger partial charge is 0.481 e. The summed E-state index contributed by atoms with van der Waals surface area (Å²) >= 11 is 3.47. The van der Waals surface area contributed by atoms with E-state index in [1.54, 1.807) is 0 Å². The predicted molar refractivity (Wildman–Crippen MR) is 74.9 cm³/mol. The highest BCUT2D eigenvalue weighted by molar-refractivity contribution is 9.10. The van der Waals surface area contributed by atoms with Crippen LogP contribution in [0.25, 0.3) is 0 Å². The first-order valence-electron chi connectivity index (χ1n) is 6.20. The highest BCUT2D eigenvalue weighted by Gasteiger charge is 2.32. The molecule has 0 spiro atoms. The SMILES string of the molecule is CCc1c(C(C)(C)CC(=O)O)cc(Br)c2c1OCO2. The predicted octanol–water partition coefficient (Wildman–Crippen LogP) is 3.49. The summed E-state index contributed by atoms with van der Waals surface area (Å²) in [6.45, 7) is 6.11. The van der Waals surface area contributed by atoms with Gasteiger partial charge in [0, 0.05) is 11.0 Å². The van der Waals surface area contributed by atoms with Crippen molar-refractivity contribution >= 4 is 21.9 Å². The summed E-state index contributed by atoms with van der Waals surface area (Å²) in [5.41, 5.74) is 1.57. The minimum Gasteiger partial charge on any atom is -0.481 e. The molecule has 4 nitrogen and oxygen atoms in total. The zero-order chi connectivity index (χ0) is 14.2. The van der Waals surface area contributed by atoms with Crippen LogP contribution in [0.4, 0.5) is 0 Å². The van der Waals surface area contributed by atoms with Gasteiger partial charge in [0.1, 0.15) is 0 Å². The van der Waals surface area contributed by atoms with Crippen molar-refractivity contribution in [1.82, 2.24) is 0 Å². The van der Waals surface area contributed by atoms with E-state index in [0.717, 1.165) is 27.8 Å². The van der Waals surface area contributed by atoms with Crippen LogP contribution < -0.4 is 9.47 Å². The van der Waals surface area contributed by atoms with E-state index in [2.05, 4.69) is 15.9 Å². The van der Waals surface area contributed by atoms with Gasteiger partial charge in [-0.15, -0.1) is 0 Å². The van der Waals surface area contributed by atoms with Crippen molar-refractivity contribution in [3.05, 3.63) is 21.7 Å². The highest BCUT2D eigenvalue weighted by Crippen LogP contribution is 2.47. The molecule has 0 saturated carbocycles. The zero-order valence-corrected chi connectivity index (χ0v) is 12.8. The average molecular weight is 329 g/mol. The Bertz CT molecular complexity index is 523. The normalized spacial score (nSPS) is 13.7. The number of carboxylic acid groups (broad SMARTS) is 1. The second-order valence-electron chi connectivity index (χ2n) is 5.26. The molecule has 1 N–H and O–H groups in total. The summed E-state index contributed by atoms with van der Waals surface area (Å²) in [4.78, 5) is 11.0. The Morgan fingerprint density at radius 2 is 2.05 bits per heavy atom. The van der Waals surface area contributed by atoms with Crippen molar-refractivity contribution in [1.29, 1.82) is 0 Å². The summed E-state index contributed by atoms with van der Waals surface area (Å²) in [7, 11) is 0. The van der Waals surface area contributed by atoms with Crippen LogP contribution in [-0.2, 0) is 16.6 Å². The summed E-state index contributed by atoms with van der Waals surface area (Å²) in [6.07, 6.45) is 0.851. The first kappa shape index (κ1) is 14.2. The second kappa shape index (κ2) is 5.04. The molecule has 5 heteroatoms. The van der Waals surface area contributed by atoms with Crippen molar-refractivity contribution < 1.29 is 19.4 Å². The highest BCUT2D eigenvalue weighted by atomic mass is 79.9.